The number of aromatic carboxylic acids is 1. The van der Waals surface area contributed by atoms with Crippen molar-refractivity contribution in [3.8, 4) is 0 Å². The maximum Gasteiger partial charge on any atom is 0.336 e. The Morgan fingerprint density at radius 1 is 0.931 bits per heavy atom. The Kier molecular flexibility index (Phi) is 5.76. The van der Waals surface area contributed by atoms with Crippen molar-refractivity contribution in [3.05, 3.63) is 95.1 Å². The van der Waals surface area contributed by atoms with Crippen molar-refractivity contribution in [2.24, 2.45) is 10.2 Å². The first-order valence-electron chi connectivity index (χ1n) is 8.62. The van der Waals surface area contributed by atoms with Crippen LogP contribution in [-0.4, -0.2) is 25.2 Å². The minimum Gasteiger partial charge on any atom is -0.478 e. The van der Waals surface area contributed by atoms with Gasteiger partial charge in [-0.3, -0.25) is 5.43 Å². The maximum absolute atomic E-state index is 11.7. The maximum atomic E-state index is 11.7. The number of sulfonamides is 1. The van der Waals surface area contributed by atoms with E-state index < -0.39 is 16.0 Å². The Morgan fingerprint density at radius 2 is 1.52 bits per heavy atom. The second-order valence-electron chi connectivity index (χ2n) is 6.36. The first-order chi connectivity index (χ1) is 13.8. The lowest BCUT2D eigenvalue weighted by Gasteiger charge is -2.12. The lowest BCUT2D eigenvalue weighted by molar-refractivity contribution is 0.0696. The number of anilines is 1. The molecule has 0 aliphatic heterocycles. The summed E-state index contributed by atoms with van der Waals surface area (Å²) in [4.78, 5) is 11.7. The van der Waals surface area contributed by atoms with Gasteiger partial charge in [0.15, 0.2) is 0 Å². The van der Waals surface area contributed by atoms with Crippen LogP contribution in [-0.2, 0) is 10.0 Å². The number of nitrogens with one attached hydrogen (secondary N) is 1. The molecule has 3 rings (SSSR count). The number of rotatable bonds is 6. The normalized spacial score (nSPS) is 11.9. The Labute approximate surface area is 168 Å². The van der Waals surface area contributed by atoms with E-state index in [-0.39, 0.29) is 10.5 Å². The largest absolute Gasteiger partial charge is 0.478 e. The quantitative estimate of drug-likeness (QED) is 0.426. The van der Waals surface area contributed by atoms with Crippen LogP contribution in [0.1, 0.15) is 27.0 Å². The zero-order valence-electron chi connectivity index (χ0n) is 15.5. The Hall–Kier alpha value is -3.49. The van der Waals surface area contributed by atoms with Gasteiger partial charge in [0.05, 0.1) is 21.9 Å². The van der Waals surface area contributed by atoms with E-state index in [1.807, 2.05) is 31.2 Å². The summed E-state index contributed by atoms with van der Waals surface area (Å²) in [6.45, 7) is 1.96. The van der Waals surface area contributed by atoms with E-state index >= 15 is 0 Å². The van der Waals surface area contributed by atoms with Crippen LogP contribution in [0.5, 0.6) is 0 Å². The van der Waals surface area contributed by atoms with E-state index in [4.69, 9.17) is 5.14 Å². The topological polar surface area (TPSA) is 122 Å². The molecular formula is C21H19N3O4S. The Balaban J connectivity index is 2.04. The zero-order chi connectivity index (χ0) is 21.0. The molecule has 0 saturated heterocycles. The average Bonchev–Trinajstić information content (AvgIpc) is 2.69. The standard InChI is InChI=1S/C21H19N3O4S/c1-14-6-8-15(9-7-14)20(18-4-2-3-5-19(18)21(25)26)24-23-16-10-12-17(13-11-16)29(22,27)28/h2-13,23H,1H3,(H,25,26)(H2,22,27,28)/b24-20-. The number of carboxylic acid groups (broad SMARTS) is 1. The number of hydrazone groups is 1. The van der Waals surface area contributed by atoms with Crippen LogP contribution < -0.4 is 10.6 Å². The molecule has 3 aromatic carbocycles. The van der Waals surface area contributed by atoms with Gasteiger partial charge in [-0.2, -0.15) is 5.10 Å². The van der Waals surface area contributed by atoms with Gasteiger partial charge in [0.1, 0.15) is 0 Å². The molecule has 0 fully saturated rings. The predicted octanol–water partition coefficient (Wildman–Crippen LogP) is 3.21. The molecule has 0 amide bonds. The summed E-state index contributed by atoms with van der Waals surface area (Å²) < 4.78 is 22.8. The van der Waals surface area contributed by atoms with Crippen LogP contribution in [0.4, 0.5) is 5.69 Å². The fourth-order valence-electron chi connectivity index (χ4n) is 2.71. The van der Waals surface area contributed by atoms with Crippen molar-refractivity contribution in [3.63, 3.8) is 0 Å². The monoisotopic (exact) mass is 409 g/mol. The minimum atomic E-state index is -3.78. The van der Waals surface area contributed by atoms with E-state index in [1.54, 1.807) is 18.2 Å². The van der Waals surface area contributed by atoms with Crippen LogP contribution in [0.3, 0.4) is 0 Å². The highest BCUT2D eigenvalue weighted by Crippen LogP contribution is 2.18. The number of benzene rings is 3. The predicted molar refractivity (Wildman–Crippen MR) is 112 cm³/mol. The highest BCUT2D eigenvalue weighted by molar-refractivity contribution is 7.89. The fourth-order valence-corrected chi connectivity index (χ4v) is 3.22. The van der Waals surface area contributed by atoms with Gasteiger partial charge >= 0.3 is 5.97 Å². The van der Waals surface area contributed by atoms with Gasteiger partial charge < -0.3 is 5.11 Å². The summed E-state index contributed by atoms with van der Waals surface area (Å²) in [7, 11) is -3.78. The fraction of sp³-hybridized carbons (Fsp3) is 0.0476. The molecule has 0 heterocycles. The number of aryl methyl sites for hydroxylation is 1. The molecule has 0 bridgehead atoms. The van der Waals surface area contributed by atoms with Crippen molar-refractivity contribution in [2.45, 2.75) is 11.8 Å². The summed E-state index contributed by atoms with van der Waals surface area (Å²) >= 11 is 0. The second kappa shape index (κ2) is 8.26. The van der Waals surface area contributed by atoms with E-state index in [1.165, 1.54) is 30.3 Å². The van der Waals surface area contributed by atoms with E-state index in [9.17, 15) is 18.3 Å². The summed E-state index contributed by atoms with van der Waals surface area (Å²) in [5.74, 6) is -1.06. The van der Waals surface area contributed by atoms with Crippen molar-refractivity contribution in [1.29, 1.82) is 0 Å². The molecule has 3 aromatic rings. The van der Waals surface area contributed by atoms with Gasteiger partial charge in [-0.25, -0.2) is 18.4 Å². The van der Waals surface area contributed by atoms with Crippen LogP contribution >= 0.6 is 0 Å². The SMILES string of the molecule is Cc1ccc(/C(=N/Nc2ccc(S(N)(=O)=O)cc2)c2ccccc2C(=O)O)cc1. The molecule has 8 heteroatoms. The molecule has 29 heavy (non-hydrogen) atoms. The van der Waals surface area contributed by atoms with E-state index in [2.05, 4.69) is 10.5 Å². The number of hydrogen-bond acceptors (Lipinski definition) is 5. The Bertz CT molecular complexity index is 1170. The second-order valence-corrected chi connectivity index (χ2v) is 7.92. The zero-order valence-corrected chi connectivity index (χ0v) is 16.3. The first-order valence-corrected chi connectivity index (χ1v) is 10.2. The molecule has 0 radical (unpaired) electrons. The molecule has 0 unspecified atom stereocenters. The summed E-state index contributed by atoms with van der Waals surface area (Å²) in [6, 6.07) is 19.9. The molecule has 0 aromatic heterocycles. The minimum absolute atomic E-state index is 0.0120. The van der Waals surface area contributed by atoms with Crippen LogP contribution in [0, 0.1) is 6.92 Å². The van der Waals surface area contributed by atoms with Crippen molar-refractivity contribution in [2.75, 3.05) is 5.43 Å². The van der Waals surface area contributed by atoms with Gasteiger partial charge in [0.25, 0.3) is 0 Å². The van der Waals surface area contributed by atoms with Gasteiger partial charge in [-0.05, 0) is 37.3 Å². The van der Waals surface area contributed by atoms with Crippen molar-refractivity contribution >= 4 is 27.4 Å². The van der Waals surface area contributed by atoms with Gasteiger partial charge in [-0.1, -0.05) is 48.0 Å². The van der Waals surface area contributed by atoms with E-state index in [0.717, 1.165) is 11.1 Å². The van der Waals surface area contributed by atoms with Gasteiger partial charge in [-0.15, -0.1) is 0 Å². The van der Waals surface area contributed by atoms with Crippen LogP contribution in [0.2, 0.25) is 0 Å². The number of carbonyl (C=O) groups is 1. The summed E-state index contributed by atoms with van der Waals surface area (Å²) in [5.41, 5.74) is 6.20. The third-order valence-electron chi connectivity index (χ3n) is 4.22. The van der Waals surface area contributed by atoms with Crippen LogP contribution in [0.25, 0.3) is 0 Å². The number of hydrogen-bond donors (Lipinski definition) is 3. The molecule has 4 N–H and O–H groups in total. The highest BCUT2D eigenvalue weighted by Gasteiger charge is 2.16. The third-order valence-corrected chi connectivity index (χ3v) is 5.15. The van der Waals surface area contributed by atoms with Crippen molar-refractivity contribution in [1.82, 2.24) is 0 Å². The smallest absolute Gasteiger partial charge is 0.336 e. The lowest BCUT2D eigenvalue weighted by Crippen LogP contribution is -2.13. The number of carboxylic acids is 1. The number of nitrogens with zero attached hydrogens (tertiary/aromatic N) is 1. The molecular weight excluding hydrogens is 390 g/mol. The lowest BCUT2D eigenvalue weighted by atomic mass is 9.97. The Morgan fingerprint density at radius 3 is 2.07 bits per heavy atom. The van der Waals surface area contributed by atoms with Gasteiger partial charge in [0.2, 0.25) is 10.0 Å². The molecule has 7 nitrogen and oxygen atoms in total. The summed E-state index contributed by atoms with van der Waals surface area (Å²) in [5, 5.41) is 19.1. The van der Waals surface area contributed by atoms with Gasteiger partial charge in [0, 0.05) is 11.1 Å². The molecule has 0 aliphatic rings. The molecule has 0 saturated carbocycles. The number of primary sulfonamides is 1. The summed E-state index contributed by atoms with van der Waals surface area (Å²) in [6.07, 6.45) is 0. The average molecular weight is 409 g/mol. The highest BCUT2D eigenvalue weighted by atomic mass is 32.2. The van der Waals surface area contributed by atoms with Crippen molar-refractivity contribution < 1.29 is 18.3 Å². The third kappa shape index (κ3) is 4.87. The molecule has 0 spiro atoms. The molecule has 0 aliphatic carbocycles. The van der Waals surface area contributed by atoms with Crippen LogP contribution in [0.15, 0.2) is 82.8 Å². The van der Waals surface area contributed by atoms with E-state index in [0.29, 0.717) is 17.0 Å². The molecule has 148 valence electrons. The molecule has 0 atom stereocenters. The first kappa shape index (κ1) is 20.2. The number of nitrogens with two attached hydrogens (primary N) is 1.